The maximum atomic E-state index is 11.4. The molecule has 21 heavy (non-hydrogen) atoms. The quantitative estimate of drug-likeness (QED) is 0.907. The topological polar surface area (TPSA) is 46.5 Å². The Balaban J connectivity index is 2.13. The van der Waals surface area contributed by atoms with Crippen LogP contribution in [-0.4, -0.2) is 17.2 Å². The van der Waals surface area contributed by atoms with Crippen LogP contribution in [0.4, 0.5) is 0 Å². The van der Waals surface area contributed by atoms with Gasteiger partial charge in [0.1, 0.15) is 5.75 Å². The molecule has 2 rings (SSSR count). The summed E-state index contributed by atoms with van der Waals surface area (Å²) in [5.41, 5.74) is 2.92. The maximum Gasteiger partial charge on any atom is 0.345 e. The summed E-state index contributed by atoms with van der Waals surface area (Å²) in [4.78, 5) is 11.4. The minimum atomic E-state index is -0.983. The van der Waals surface area contributed by atoms with Gasteiger partial charge in [-0.15, -0.1) is 0 Å². The van der Waals surface area contributed by atoms with Crippen LogP contribution in [0.15, 0.2) is 42.5 Å². The molecule has 3 nitrogen and oxygen atoms in total. The minimum Gasteiger partial charge on any atom is -0.478 e. The number of carboxylic acid groups (broad SMARTS) is 1. The van der Waals surface area contributed by atoms with Gasteiger partial charge in [-0.3, -0.25) is 0 Å². The van der Waals surface area contributed by atoms with E-state index in [1.807, 2.05) is 38.1 Å². The van der Waals surface area contributed by atoms with Gasteiger partial charge >= 0.3 is 5.97 Å². The van der Waals surface area contributed by atoms with E-state index in [2.05, 4.69) is 0 Å². The predicted molar refractivity (Wildman–Crippen MR) is 83.1 cm³/mol. The monoisotopic (exact) mass is 304 g/mol. The van der Waals surface area contributed by atoms with E-state index in [-0.39, 0.29) is 0 Å². The predicted octanol–water partition coefficient (Wildman–Crippen LogP) is 4.03. The number of ether oxygens (including phenoxy) is 1. The summed E-state index contributed by atoms with van der Waals surface area (Å²) in [5, 5.41) is 9.96. The van der Waals surface area contributed by atoms with Gasteiger partial charge in [-0.25, -0.2) is 4.79 Å². The Morgan fingerprint density at radius 2 is 1.86 bits per heavy atom. The second kappa shape index (κ2) is 6.64. The molecule has 0 aliphatic carbocycles. The standard InChI is InChI=1S/C17H17ClO3/c1-11-3-5-13(6-4-11)10-16(17(19)20)21-14-7-8-15(18)12(2)9-14/h3-9,16H,10H2,1-2H3,(H,19,20). The van der Waals surface area contributed by atoms with Crippen molar-refractivity contribution in [2.24, 2.45) is 0 Å². The summed E-state index contributed by atoms with van der Waals surface area (Å²) in [6, 6.07) is 12.9. The third-order valence-electron chi connectivity index (χ3n) is 3.22. The molecule has 1 N–H and O–H groups in total. The zero-order valence-corrected chi connectivity index (χ0v) is 12.7. The van der Waals surface area contributed by atoms with Crippen LogP contribution in [0.2, 0.25) is 5.02 Å². The normalized spacial score (nSPS) is 12.0. The fourth-order valence-electron chi connectivity index (χ4n) is 1.97. The Labute approximate surface area is 129 Å². The van der Waals surface area contributed by atoms with E-state index >= 15 is 0 Å². The van der Waals surface area contributed by atoms with Crippen molar-refractivity contribution in [1.82, 2.24) is 0 Å². The van der Waals surface area contributed by atoms with Gasteiger partial charge in [-0.1, -0.05) is 41.4 Å². The maximum absolute atomic E-state index is 11.4. The first-order valence-electron chi connectivity index (χ1n) is 6.67. The van der Waals surface area contributed by atoms with Crippen LogP contribution in [0.5, 0.6) is 5.75 Å². The van der Waals surface area contributed by atoms with E-state index in [9.17, 15) is 9.90 Å². The molecule has 4 heteroatoms. The van der Waals surface area contributed by atoms with E-state index in [1.54, 1.807) is 18.2 Å². The molecule has 0 saturated heterocycles. The number of carbonyl (C=O) groups is 1. The Kier molecular flexibility index (Phi) is 4.86. The highest BCUT2D eigenvalue weighted by Gasteiger charge is 2.20. The molecule has 0 spiro atoms. The molecular formula is C17H17ClO3. The first-order valence-corrected chi connectivity index (χ1v) is 7.04. The fraction of sp³-hybridized carbons (Fsp3) is 0.235. The summed E-state index contributed by atoms with van der Waals surface area (Å²) in [6.45, 7) is 3.84. The summed E-state index contributed by atoms with van der Waals surface area (Å²) in [7, 11) is 0. The van der Waals surface area contributed by atoms with E-state index in [0.717, 1.165) is 16.7 Å². The van der Waals surface area contributed by atoms with Gasteiger partial charge < -0.3 is 9.84 Å². The van der Waals surface area contributed by atoms with Crippen LogP contribution < -0.4 is 4.74 Å². The molecule has 0 aliphatic heterocycles. The number of rotatable bonds is 5. The van der Waals surface area contributed by atoms with E-state index in [4.69, 9.17) is 16.3 Å². The fourth-order valence-corrected chi connectivity index (χ4v) is 2.09. The number of halogens is 1. The van der Waals surface area contributed by atoms with Gasteiger partial charge in [0.25, 0.3) is 0 Å². The highest BCUT2D eigenvalue weighted by molar-refractivity contribution is 6.31. The Bertz CT molecular complexity index is 635. The number of benzene rings is 2. The minimum absolute atomic E-state index is 0.317. The van der Waals surface area contributed by atoms with Gasteiger partial charge in [0.15, 0.2) is 6.10 Å². The average molecular weight is 305 g/mol. The van der Waals surface area contributed by atoms with E-state index < -0.39 is 12.1 Å². The van der Waals surface area contributed by atoms with Crippen molar-refractivity contribution in [2.45, 2.75) is 26.4 Å². The zero-order chi connectivity index (χ0) is 15.4. The number of hydrogen-bond acceptors (Lipinski definition) is 2. The van der Waals surface area contributed by atoms with Gasteiger partial charge in [0.05, 0.1) is 0 Å². The molecule has 0 aliphatic rings. The van der Waals surface area contributed by atoms with Crippen molar-refractivity contribution >= 4 is 17.6 Å². The number of aliphatic carboxylic acids is 1. The Morgan fingerprint density at radius 3 is 2.43 bits per heavy atom. The van der Waals surface area contributed by atoms with Gasteiger partial charge in [-0.2, -0.15) is 0 Å². The molecule has 0 saturated carbocycles. The first kappa shape index (κ1) is 15.4. The second-order valence-corrected chi connectivity index (χ2v) is 5.45. The molecule has 0 radical (unpaired) electrons. The molecule has 0 amide bonds. The van der Waals surface area contributed by atoms with Crippen LogP contribution in [-0.2, 0) is 11.2 Å². The highest BCUT2D eigenvalue weighted by Crippen LogP contribution is 2.22. The Hall–Kier alpha value is -2.00. The summed E-state index contributed by atoms with van der Waals surface area (Å²) >= 11 is 5.95. The van der Waals surface area contributed by atoms with Crippen LogP contribution in [0.25, 0.3) is 0 Å². The molecule has 2 aromatic carbocycles. The molecular weight excluding hydrogens is 288 g/mol. The zero-order valence-electron chi connectivity index (χ0n) is 12.0. The molecule has 110 valence electrons. The third kappa shape index (κ3) is 4.23. The lowest BCUT2D eigenvalue weighted by atomic mass is 10.1. The first-order chi connectivity index (χ1) is 9.95. The van der Waals surface area contributed by atoms with Gasteiger partial charge in [-0.05, 0) is 43.2 Å². The van der Waals surface area contributed by atoms with E-state index in [1.165, 1.54) is 0 Å². The lowest BCUT2D eigenvalue weighted by Crippen LogP contribution is -2.29. The van der Waals surface area contributed by atoms with Crippen LogP contribution >= 0.6 is 11.6 Å². The largest absolute Gasteiger partial charge is 0.478 e. The van der Waals surface area contributed by atoms with E-state index in [0.29, 0.717) is 17.2 Å². The smallest absolute Gasteiger partial charge is 0.345 e. The van der Waals surface area contributed by atoms with Crippen molar-refractivity contribution in [3.8, 4) is 5.75 Å². The van der Waals surface area contributed by atoms with Crippen molar-refractivity contribution in [3.63, 3.8) is 0 Å². The lowest BCUT2D eigenvalue weighted by molar-refractivity contribution is -0.145. The second-order valence-electron chi connectivity index (χ2n) is 5.05. The van der Waals surface area contributed by atoms with Crippen LogP contribution in [0.3, 0.4) is 0 Å². The van der Waals surface area contributed by atoms with Gasteiger partial charge in [0, 0.05) is 11.4 Å². The molecule has 0 heterocycles. The third-order valence-corrected chi connectivity index (χ3v) is 3.65. The summed E-state index contributed by atoms with van der Waals surface area (Å²) in [5.74, 6) is -0.473. The van der Waals surface area contributed by atoms with Crippen LogP contribution in [0, 0.1) is 13.8 Å². The Morgan fingerprint density at radius 1 is 1.19 bits per heavy atom. The summed E-state index contributed by atoms with van der Waals surface area (Å²) < 4.78 is 5.59. The molecule has 1 atom stereocenters. The van der Waals surface area contributed by atoms with Gasteiger partial charge in [0.2, 0.25) is 0 Å². The van der Waals surface area contributed by atoms with Crippen molar-refractivity contribution < 1.29 is 14.6 Å². The number of carboxylic acids is 1. The van der Waals surface area contributed by atoms with Crippen molar-refractivity contribution in [3.05, 3.63) is 64.2 Å². The lowest BCUT2D eigenvalue weighted by Gasteiger charge is -2.16. The number of aryl methyl sites for hydroxylation is 2. The molecule has 0 fully saturated rings. The SMILES string of the molecule is Cc1ccc(CC(Oc2ccc(Cl)c(C)c2)C(=O)O)cc1. The van der Waals surface area contributed by atoms with Crippen molar-refractivity contribution in [2.75, 3.05) is 0 Å². The molecule has 1 unspecified atom stereocenters. The average Bonchev–Trinajstić information content (AvgIpc) is 2.44. The highest BCUT2D eigenvalue weighted by atomic mass is 35.5. The molecule has 0 bridgehead atoms. The molecule has 2 aromatic rings. The van der Waals surface area contributed by atoms with Crippen molar-refractivity contribution in [1.29, 1.82) is 0 Å². The van der Waals surface area contributed by atoms with Crippen LogP contribution in [0.1, 0.15) is 16.7 Å². The summed E-state index contributed by atoms with van der Waals surface area (Å²) in [6.07, 6.45) is -0.606. The number of hydrogen-bond donors (Lipinski definition) is 1. The molecule has 0 aromatic heterocycles.